The second kappa shape index (κ2) is 10.4. The molecule has 1 amide bonds. The summed E-state index contributed by atoms with van der Waals surface area (Å²) < 4.78 is 0. The molecular formula is C23H27N5OS3. The summed E-state index contributed by atoms with van der Waals surface area (Å²) in [6.45, 7) is 2.31. The molecule has 1 fully saturated rings. The fraction of sp³-hybridized carbons (Fsp3) is 0.348. The number of carbonyl (C=O) groups excluding carboxylic acids is 1. The van der Waals surface area contributed by atoms with Crippen LogP contribution >= 0.6 is 34.9 Å². The Bertz CT molecular complexity index is 1040. The highest BCUT2D eigenvalue weighted by Crippen LogP contribution is 2.30. The van der Waals surface area contributed by atoms with E-state index in [4.69, 9.17) is 12.2 Å². The van der Waals surface area contributed by atoms with Gasteiger partial charge in [-0.3, -0.25) is 4.79 Å². The molecule has 4 rings (SSSR count). The van der Waals surface area contributed by atoms with Gasteiger partial charge in [0.15, 0.2) is 5.11 Å². The minimum absolute atomic E-state index is 0.107. The smallest absolute Gasteiger partial charge is 0.271 e. The van der Waals surface area contributed by atoms with E-state index in [0.29, 0.717) is 18.2 Å². The van der Waals surface area contributed by atoms with Crippen molar-refractivity contribution < 1.29 is 4.79 Å². The van der Waals surface area contributed by atoms with E-state index in [1.54, 1.807) is 22.7 Å². The minimum atomic E-state index is -0.107. The first-order valence-corrected chi connectivity index (χ1v) is 12.8. The van der Waals surface area contributed by atoms with Gasteiger partial charge in [-0.15, -0.1) is 22.7 Å². The SMILES string of the molecule is CN(C)c1ccc(NC(=S)N2CCC(c3nc(C(=O)NCc4cccs4)cs3)CC2)cc1. The molecule has 0 bridgehead atoms. The lowest BCUT2D eigenvalue weighted by Crippen LogP contribution is -2.40. The molecule has 3 aromatic rings. The highest BCUT2D eigenvalue weighted by atomic mass is 32.1. The molecule has 168 valence electrons. The summed E-state index contributed by atoms with van der Waals surface area (Å²) in [5.41, 5.74) is 2.67. The van der Waals surface area contributed by atoms with Crippen LogP contribution in [0.1, 0.15) is 39.1 Å². The molecule has 3 heterocycles. The van der Waals surface area contributed by atoms with E-state index in [2.05, 4.69) is 49.7 Å². The Hall–Kier alpha value is -2.49. The first kappa shape index (κ1) is 22.7. The van der Waals surface area contributed by atoms with E-state index >= 15 is 0 Å². The number of aromatic nitrogens is 1. The Labute approximate surface area is 202 Å². The van der Waals surface area contributed by atoms with Crippen LogP contribution in [0.15, 0.2) is 47.2 Å². The molecular weight excluding hydrogens is 458 g/mol. The van der Waals surface area contributed by atoms with Crippen molar-refractivity contribution in [2.75, 3.05) is 37.4 Å². The van der Waals surface area contributed by atoms with Crippen LogP contribution in [0.25, 0.3) is 0 Å². The maximum Gasteiger partial charge on any atom is 0.271 e. The standard InChI is InChI=1S/C23H27N5OS3/c1-27(2)18-7-5-17(6-8-18)25-23(30)28-11-9-16(10-12-28)22-26-20(15-32-22)21(29)24-14-19-4-3-13-31-19/h3-8,13,15-16H,9-12,14H2,1-2H3,(H,24,29)(H,25,30). The minimum Gasteiger partial charge on any atom is -0.378 e. The lowest BCUT2D eigenvalue weighted by Gasteiger charge is -2.33. The number of thiazole rings is 1. The van der Waals surface area contributed by atoms with Crippen LogP contribution in [-0.2, 0) is 6.54 Å². The van der Waals surface area contributed by atoms with Gasteiger partial charge in [-0.25, -0.2) is 4.98 Å². The van der Waals surface area contributed by atoms with Gasteiger partial charge < -0.3 is 20.4 Å². The normalized spacial score (nSPS) is 14.2. The third-order valence-corrected chi connectivity index (χ3v) is 7.77. The lowest BCUT2D eigenvalue weighted by molar-refractivity contribution is 0.0946. The quantitative estimate of drug-likeness (QED) is 0.490. The third kappa shape index (κ3) is 5.65. The summed E-state index contributed by atoms with van der Waals surface area (Å²) in [6, 6.07) is 12.3. The van der Waals surface area contributed by atoms with Crippen molar-refractivity contribution in [3.63, 3.8) is 0 Å². The maximum atomic E-state index is 12.4. The molecule has 0 spiro atoms. The van der Waals surface area contributed by atoms with E-state index in [9.17, 15) is 4.79 Å². The zero-order valence-electron chi connectivity index (χ0n) is 18.2. The second-order valence-electron chi connectivity index (χ2n) is 7.97. The van der Waals surface area contributed by atoms with Crippen LogP contribution in [0.5, 0.6) is 0 Å². The molecule has 32 heavy (non-hydrogen) atoms. The molecule has 9 heteroatoms. The van der Waals surface area contributed by atoms with Crippen molar-refractivity contribution >= 4 is 57.3 Å². The molecule has 0 aliphatic carbocycles. The van der Waals surface area contributed by atoms with Crippen LogP contribution in [-0.4, -0.2) is 48.1 Å². The fourth-order valence-electron chi connectivity index (χ4n) is 3.63. The number of amides is 1. The van der Waals surface area contributed by atoms with Crippen molar-refractivity contribution in [2.45, 2.75) is 25.3 Å². The van der Waals surface area contributed by atoms with Gasteiger partial charge in [-0.1, -0.05) is 6.07 Å². The Morgan fingerprint density at radius 2 is 1.94 bits per heavy atom. The second-order valence-corrected chi connectivity index (χ2v) is 10.3. The fourth-order valence-corrected chi connectivity index (χ4v) is 5.54. The molecule has 2 aromatic heterocycles. The zero-order valence-corrected chi connectivity index (χ0v) is 20.7. The highest BCUT2D eigenvalue weighted by Gasteiger charge is 2.25. The summed E-state index contributed by atoms with van der Waals surface area (Å²) in [5, 5.41) is 12.0. The van der Waals surface area contributed by atoms with Crippen molar-refractivity contribution in [1.29, 1.82) is 0 Å². The van der Waals surface area contributed by atoms with E-state index < -0.39 is 0 Å². The Morgan fingerprint density at radius 3 is 2.59 bits per heavy atom. The van der Waals surface area contributed by atoms with Crippen LogP contribution < -0.4 is 15.5 Å². The molecule has 2 N–H and O–H groups in total. The largest absolute Gasteiger partial charge is 0.378 e. The first-order valence-electron chi connectivity index (χ1n) is 10.6. The van der Waals surface area contributed by atoms with Crippen LogP contribution in [0.2, 0.25) is 0 Å². The van der Waals surface area contributed by atoms with E-state index in [1.807, 2.05) is 37.0 Å². The number of anilines is 2. The molecule has 1 aliphatic rings. The van der Waals surface area contributed by atoms with E-state index in [-0.39, 0.29) is 5.91 Å². The summed E-state index contributed by atoms with van der Waals surface area (Å²) in [5.74, 6) is 0.265. The molecule has 0 unspecified atom stereocenters. The molecule has 0 saturated carbocycles. The number of thiophene rings is 1. The number of carbonyl (C=O) groups is 1. The van der Waals surface area contributed by atoms with Crippen molar-refractivity contribution in [1.82, 2.24) is 15.2 Å². The number of hydrogen-bond acceptors (Lipinski definition) is 6. The number of hydrogen-bond donors (Lipinski definition) is 2. The van der Waals surface area contributed by atoms with Crippen molar-refractivity contribution in [3.8, 4) is 0 Å². The Balaban J connectivity index is 1.26. The zero-order chi connectivity index (χ0) is 22.5. The highest BCUT2D eigenvalue weighted by molar-refractivity contribution is 7.80. The first-order chi connectivity index (χ1) is 15.5. The molecule has 0 radical (unpaired) electrons. The van der Waals surface area contributed by atoms with Gasteiger partial charge in [0, 0.05) is 54.7 Å². The number of likely N-dealkylation sites (tertiary alicyclic amines) is 1. The van der Waals surface area contributed by atoms with Gasteiger partial charge in [-0.05, 0) is 60.8 Å². The summed E-state index contributed by atoms with van der Waals surface area (Å²) in [6.07, 6.45) is 1.95. The van der Waals surface area contributed by atoms with Gasteiger partial charge in [0.2, 0.25) is 0 Å². The summed E-state index contributed by atoms with van der Waals surface area (Å²) in [7, 11) is 4.06. The van der Waals surface area contributed by atoms with Crippen LogP contribution in [0, 0.1) is 0 Å². The van der Waals surface area contributed by atoms with Gasteiger partial charge in [0.25, 0.3) is 5.91 Å². The number of nitrogens with zero attached hydrogens (tertiary/aromatic N) is 3. The van der Waals surface area contributed by atoms with Gasteiger partial charge in [0.1, 0.15) is 5.69 Å². The van der Waals surface area contributed by atoms with E-state index in [1.165, 1.54) is 0 Å². The molecule has 0 atom stereocenters. The Kier molecular flexibility index (Phi) is 7.39. The van der Waals surface area contributed by atoms with Crippen molar-refractivity contribution in [2.24, 2.45) is 0 Å². The summed E-state index contributed by atoms with van der Waals surface area (Å²) in [4.78, 5) is 22.5. The molecule has 6 nitrogen and oxygen atoms in total. The topological polar surface area (TPSA) is 60.5 Å². The predicted molar refractivity (Wildman–Crippen MR) is 138 cm³/mol. The third-order valence-electron chi connectivity index (χ3n) is 5.52. The molecule has 1 aromatic carbocycles. The van der Waals surface area contributed by atoms with Crippen LogP contribution in [0.4, 0.5) is 11.4 Å². The van der Waals surface area contributed by atoms with Gasteiger partial charge in [-0.2, -0.15) is 0 Å². The molecule has 1 aliphatic heterocycles. The average molecular weight is 486 g/mol. The van der Waals surface area contributed by atoms with Crippen molar-refractivity contribution in [3.05, 3.63) is 62.7 Å². The Morgan fingerprint density at radius 1 is 1.19 bits per heavy atom. The number of piperidine rings is 1. The number of benzene rings is 1. The van der Waals surface area contributed by atoms with Gasteiger partial charge >= 0.3 is 0 Å². The van der Waals surface area contributed by atoms with Crippen LogP contribution in [0.3, 0.4) is 0 Å². The predicted octanol–water partition coefficient (Wildman–Crippen LogP) is 4.78. The average Bonchev–Trinajstić information content (AvgIpc) is 3.50. The monoisotopic (exact) mass is 485 g/mol. The number of nitrogens with one attached hydrogen (secondary N) is 2. The van der Waals surface area contributed by atoms with E-state index in [0.717, 1.165) is 52.3 Å². The lowest BCUT2D eigenvalue weighted by atomic mass is 9.98. The van der Waals surface area contributed by atoms with Gasteiger partial charge in [0.05, 0.1) is 11.6 Å². The number of thiocarbonyl (C=S) groups is 1. The molecule has 1 saturated heterocycles. The maximum absolute atomic E-state index is 12.4. The summed E-state index contributed by atoms with van der Waals surface area (Å²) >= 11 is 8.86. The number of rotatable bonds is 6.